The first kappa shape index (κ1) is 25.5. The topological polar surface area (TPSA) is 78.1 Å². The van der Waals surface area contributed by atoms with Crippen molar-refractivity contribution >= 4 is 17.2 Å². The van der Waals surface area contributed by atoms with Crippen molar-refractivity contribution in [2.45, 2.75) is 44.8 Å². The van der Waals surface area contributed by atoms with Gasteiger partial charge in [0, 0.05) is 34.7 Å². The number of anilines is 2. The van der Waals surface area contributed by atoms with Crippen molar-refractivity contribution in [3.05, 3.63) is 83.1 Å². The highest BCUT2D eigenvalue weighted by Gasteiger charge is 2.38. The van der Waals surface area contributed by atoms with Crippen LogP contribution < -0.4 is 29.6 Å². The summed E-state index contributed by atoms with van der Waals surface area (Å²) in [5.74, 6) is 2.75. The van der Waals surface area contributed by atoms with Crippen molar-refractivity contribution < 1.29 is 23.7 Å². The molecule has 0 aromatic heterocycles. The molecule has 0 amide bonds. The lowest BCUT2D eigenvalue weighted by Crippen LogP contribution is -2.27. The van der Waals surface area contributed by atoms with Gasteiger partial charge in [0.1, 0.15) is 11.5 Å². The minimum absolute atomic E-state index is 0.0669. The molecule has 5 rings (SSSR count). The zero-order valence-electron chi connectivity index (χ0n) is 22.5. The number of nitrogens with one attached hydrogen (secondary N) is 2. The number of carbonyl (C=O) groups excluding carboxylic acids is 1. The summed E-state index contributed by atoms with van der Waals surface area (Å²) in [6.45, 7) is 3.96. The third kappa shape index (κ3) is 4.76. The smallest absolute Gasteiger partial charge is 0.167 e. The fourth-order valence-electron chi connectivity index (χ4n) is 5.39. The second-order valence-corrected chi connectivity index (χ2v) is 9.82. The predicted molar refractivity (Wildman–Crippen MR) is 149 cm³/mol. The molecule has 2 unspecified atom stereocenters. The average Bonchev–Trinajstić information content (AvgIpc) is 3.09. The van der Waals surface area contributed by atoms with Gasteiger partial charge in [-0.3, -0.25) is 4.79 Å². The van der Waals surface area contributed by atoms with E-state index in [9.17, 15) is 4.79 Å². The second kappa shape index (κ2) is 10.7. The third-order valence-electron chi connectivity index (χ3n) is 7.08. The van der Waals surface area contributed by atoms with Gasteiger partial charge in [-0.25, -0.2) is 0 Å². The number of Topliss-reactive ketones (excluding diaryl/α,β-unsaturated/α-hetero) is 1. The minimum atomic E-state index is -0.425. The molecule has 198 valence electrons. The monoisotopic (exact) mass is 514 g/mol. The van der Waals surface area contributed by atoms with Crippen molar-refractivity contribution in [1.82, 2.24) is 0 Å². The molecule has 1 aliphatic heterocycles. The van der Waals surface area contributed by atoms with Crippen LogP contribution in [0.1, 0.15) is 49.8 Å². The molecule has 0 saturated carbocycles. The zero-order valence-corrected chi connectivity index (χ0v) is 22.5. The number of rotatable bonds is 7. The van der Waals surface area contributed by atoms with Crippen LogP contribution in [0.2, 0.25) is 0 Å². The van der Waals surface area contributed by atoms with Crippen LogP contribution in [0.3, 0.4) is 0 Å². The van der Waals surface area contributed by atoms with E-state index in [1.165, 1.54) is 0 Å². The molecule has 7 nitrogen and oxygen atoms in total. The Bertz CT molecular complexity index is 1380. The largest absolute Gasteiger partial charge is 0.497 e. The summed E-state index contributed by atoms with van der Waals surface area (Å²) in [7, 11) is 4.93. The molecule has 1 aliphatic carbocycles. The molecule has 38 heavy (non-hydrogen) atoms. The molecule has 2 atom stereocenters. The Hall–Kier alpha value is -4.13. The minimum Gasteiger partial charge on any atom is -0.497 e. The van der Waals surface area contributed by atoms with Gasteiger partial charge < -0.3 is 29.6 Å². The molecule has 0 spiro atoms. The molecule has 0 fully saturated rings. The van der Waals surface area contributed by atoms with E-state index >= 15 is 0 Å². The summed E-state index contributed by atoms with van der Waals surface area (Å²) in [5.41, 5.74) is 5.24. The normalized spacial score (nSPS) is 18.5. The Morgan fingerprint density at radius 1 is 0.816 bits per heavy atom. The van der Waals surface area contributed by atoms with Gasteiger partial charge in [-0.1, -0.05) is 24.3 Å². The van der Waals surface area contributed by atoms with E-state index in [-0.39, 0.29) is 17.8 Å². The number of methoxy groups -OCH3 is 3. The quantitative estimate of drug-likeness (QED) is 0.374. The fraction of sp³-hybridized carbons (Fsp3) is 0.323. The maximum atomic E-state index is 14.1. The third-order valence-corrected chi connectivity index (χ3v) is 7.08. The maximum absolute atomic E-state index is 14.1. The van der Waals surface area contributed by atoms with Gasteiger partial charge in [0.2, 0.25) is 0 Å². The number of carbonyl (C=O) groups is 1. The van der Waals surface area contributed by atoms with Crippen molar-refractivity contribution in [3.8, 4) is 23.0 Å². The highest BCUT2D eigenvalue weighted by molar-refractivity contribution is 6.01. The summed E-state index contributed by atoms with van der Waals surface area (Å²) in [6, 6.07) is 19.1. The van der Waals surface area contributed by atoms with E-state index in [1.807, 2.05) is 74.5 Å². The summed E-state index contributed by atoms with van der Waals surface area (Å²) < 4.78 is 23.1. The SMILES string of the molecule is COc1ccc(OC)c(C2CC(=O)C3=C(C2)Nc2ccccc2NC3c2cccc(OC)c2OC(C)C)c1. The number of benzene rings is 3. The van der Waals surface area contributed by atoms with Crippen LogP contribution in [0.15, 0.2) is 71.9 Å². The van der Waals surface area contributed by atoms with Gasteiger partial charge in [0.05, 0.1) is 44.8 Å². The van der Waals surface area contributed by atoms with E-state index in [1.54, 1.807) is 21.3 Å². The molecule has 3 aromatic rings. The zero-order chi connectivity index (χ0) is 26.8. The lowest BCUT2D eigenvalue weighted by molar-refractivity contribution is -0.116. The number of hydrogen-bond acceptors (Lipinski definition) is 7. The molecular formula is C31H34N2O5. The Morgan fingerprint density at radius 3 is 2.29 bits per heavy atom. The van der Waals surface area contributed by atoms with E-state index < -0.39 is 6.04 Å². The fourth-order valence-corrected chi connectivity index (χ4v) is 5.39. The maximum Gasteiger partial charge on any atom is 0.167 e. The van der Waals surface area contributed by atoms with Gasteiger partial charge in [-0.2, -0.15) is 0 Å². The number of hydrogen-bond donors (Lipinski definition) is 2. The number of ether oxygens (including phenoxy) is 4. The van der Waals surface area contributed by atoms with E-state index in [0.29, 0.717) is 29.9 Å². The lowest BCUT2D eigenvalue weighted by atomic mass is 9.78. The molecule has 7 heteroatoms. The first-order chi connectivity index (χ1) is 18.4. The Labute approximate surface area is 223 Å². The average molecular weight is 515 g/mol. The predicted octanol–water partition coefficient (Wildman–Crippen LogP) is 6.48. The molecule has 0 radical (unpaired) electrons. The van der Waals surface area contributed by atoms with Crippen LogP contribution in [0, 0.1) is 0 Å². The number of fused-ring (bicyclic) bond motifs is 1. The van der Waals surface area contributed by atoms with Crippen LogP contribution >= 0.6 is 0 Å². The number of para-hydroxylation sites is 3. The first-order valence-corrected chi connectivity index (χ1v) is 12.9. The highest BCUT2D eigenvalue weighted by Crippen LogP contribution is 2.48. The van der Waals surface area contributed by atoms with Gasteiger partial charge in [0.15, 0.2) is 17.3 Å². The van der Waals surface area contributed by atoms with E-state index in [2.05, 4.69) is 10.6 Å². The lowest BCUT2D eigenvalue weighted by Gasteiger charge is -2.31. The van der Waals surface area contributed by atoms with Gasteiger partial charge >= 0.3 is 0 Å². The molecule has 0 bridgehead atoms. The van der Waals surface area contributed by atoms with Crippen LogP contribution in [0.4, 0.5) is 11.4 Å². The Morgan fingerprint density at radius 2 is 1.58 bits per heavy atom. The molecule has 2 N–H and O–H groups in total. The second-order valence-electron chi connectivity index (χ2n) is 9.82. The molecule has 3 aromatic carbocycles. The standard InChI is InChI=1S/C31H34N2O5/c1-18(2)38-31-21(9-8-12-28(31)37-5)30-29-25(32-23-10-6-7-11-24(23)33-30)15-19(16-26(29)34)22-17-20(35-3)13-14-27(22)36-4/h6-14,17-19,30,32-33H,15-16H2,1-5H3. The van der Waals surface area contributed by atoms with Crippen LogP contribution in [0.5, 0.6) is 23.0 Å². The summed E-state index contributed by atoms with van der Waals surface area (Å²) in [6.07, 6.45) is 0.923. The molecule has 2 aliphatic rings. The van der Waals surface area contributed by atoms with Gasteiger partial charge in [-0.15, -0.1) is 0 Å². The molecular weight excluding hydrogens is 480 g/mol. The summed E-state index contributed by atoms with van der Waals surface area (Å²) in [5, 5.41) is 7.24. The van der Waals surface area contributed by atoms with E-state index in [0.717, 1.165) is 39.7 Å². The number of ketones is 1. The van der Waals surface area contributed by atoms with Crippen LogP contribution in [-0.4, -0.2) is 33.2 Å². The van der Waals surface area contributed by atoms with E-state index in [4.69, 9.17) is 18.9 Å². The van der Waals surface area contributed by atoms with Crippen LogP contribution in [0.25, 0.3) is 0 Å². The Balaban J connectivity index is 1.66. The van der Waals surface area contributed by atoms with Crippen LogP contribution in [-0.2, 0) is 4.79 Å². The Kier molecular flexibility index (Phi) is 7.18. The van der Waals surface area contributed by atoms with Gasteiger partial charge in [0.25, 0.3) is 0 Å². The first-order valence-electron chi connectivity index (χ1n) is 12.9. The molecule has 0 saturated heterocycles. The van der Waals surface area contributed by atoms with Gasteiger partial charge in [-0.05, 0) is 56.7 Å². The molecule has 1 heterocycles. The van der Waals surface area contributed by atoms with Crippen molar-refractivity contribution in [2.24, 2.45) is 0 Å². The summed E-state index contributed by atoms with van der Waals surface area (Å²) >= 11 is 0. The highest BCUT2D eigenvalue weighted by atomic mass is 16.5. The summed E-state index contributed by atoms with van der Waals surface area (Å²) in [4.78, 5) is 14.1. The number of allylic oxidation sites excluding steroid dienone is 1. The van der Waals surface area contributed by atoms with Crippen molar-refractivity contribution in [2.75, 3.05) is 32.0 Å². The van der Waals surface area contributed by atoms with Crippen molar-refractivity contribution in [1.29, 1.82) is 0 Å². The van der Waals surface area contributed by atoms with Crippen molar-refractivity contribution in [3.63, 3.8) is 0 Å².